The van der Waals surface area contributed by atoms with Crippen LogP contribution >= 0.6 is 0 Å². The van der Waals surface area contributed by atoms with Gasteiger partial charge in [-0.3, -0.25) is 4.98 Å². The maximum absolute atomic E-state index is 14.3. The molecule has 0 fully saturated rings. The summed E-state index contributed by atoms with van der Waals surface area (Å²) >= 11 is 0. The van der Waals surface area contributed by atoms with Gasteiger partial charge in [-0.25, -0.2) is 23.4 Å². The van der Waals surface area contributed by atoms with Crippen LogP contribution in [-0.4, -0.2) is 51.7 Å². The average Bonchev–Trinajstić information content (AvgIpc) is 3.33. The van der Waals surface area contributed by atoms with E-state index in [1.54, 1.807) is 12.3 Å². The molecule has 2 atom stereocenters. The van der Waals surface area contributed by atoms with Gasteiger partial charge in [0.25, 0.3) is 0 Å². The normalized spacial score (nSPS) is 13.3. The first kappa shape index (κ1) is 23.5. The molecule has 9 nitrogen and oxygen atoms in total. The van der Waals surface area contributed by atoms with Crippen molar-refractivity contribution >= 4 is 0 Å². The fraction of sp³-hybridized carbons (Fsp3) is 0.304. The largest absolute Gasteiger partial charge is 0.393 e. The number of hydrogen-bond acceptors (Lipinski definition) is 8. The lowest BCUT2D eigenvalue weighted by Gasteiger charge is -2.18. The Morgan fingerprint density at radius 2 is 1.79 bits per heavy atom. The van der Waals surface area contributed by atoms with Crippen LogP contribution in [-0.2, 0) is 0 Å². The van der Waals surface area contributed by atoms with Gasteiger partial charge in [-0.2, -0.15) is 10.2 Å². The highest BCUT2D eigenvalue weighted by atomic mass is 19.1. The summed E-state index contributed by atoms with van der Waals surface area (Å²) in [5, 5.41) is 31.4. The maximum Gasteiger partial charge on any atom is 0.181 e. The van der Waals surface area contributed by atoms with Crippen molar-refractivity contribution < 1.29 is 19.0 Å². The summed E-state index contributed by atoms with van der Waals surface area (Å²) in [5.74, 6) is -1.34. The van der Waals surface area contributed by atoms with Crippen molar-refractivity contribution in [1.82, 2.24) is 34.9 Å². The Morgan fingerprint density at radius 1 is 1.06 bits per heavy atom. The van der Waals surface area contributed by atoms with E-state index in [2.05, 4.69) is 30.2 Å². The van der Waals surface area contributed by atoms with E-state index in [0.29, 0.717) is 17.2 Å². The minimum atomic E-state index is -1.20. The van der Waals surface area contributed by atoms with Crippen molar-refractivity contribution in [2.75, 3.05) is 6.61 Å². The van der Waals surface area contributed by atoms with Crippen LogP contribution in [0.15, 0.2) is 43.0 Å². The number of aliphatic hydroxyl groups is 2. The number of nitrogens with zero attached hydrogens (tertiary/aromatic N) is 7. The van der Waals surface area contributed by atoms with Crippen LogP contribution in [0.4, 0.5) is 8.78 Å². The molecule has 0 spiro atoms. The Morgan fingerprint density at radius 3 is 2.47 bits per heavy atom. The Kier molecular flexibility index (Phi) is 6.66. The second-order valence-corrected chi connectivity index (χ2v) is 8.09. The highest BCUT2D eigenvalue weighted by molar-refractivity contribution is 5.61. The molecule has 0 aliphatic rings. The molecule has 176 valence electrons. The van der Waals surface area contributed by atoms with Gasteiger partial charge in [-0.15, -0.1) is 5.10 Å². The molecule has 0 saturated heterocycles. The SMILES string of the molecule is CC(C)c1cc(-c2c(F)cccc2F)nnc1C(C)c1cncc(-n2cnc([C@@H](O)CO)n2)n1. The first-order chi connectivity index (χ1) is 16.3. The van der Waals surface area contributed by atoms with Gasteiger partial charge in [0.05, 0.1) is 35.4 Å². The third kappa shape index (κ3) is 4.52. The molecule has 34 heavy (non-hydrogen) atoms. The van der Waals surface area contributed by atoms with Gasteiger partial charge >= 0.3 is 0 Å². The number of rotatable bonds is 7. The van der Waals surface area contributed by atoms with Crippen LogP contribution in [0.5, 0.6) is 0 Å². The molecule has 1 unspecified atom stereocenters. The second-order valence-electron chi connectivity index (χ2n) is 8.09. The minimum Gasteiger partial charge on any atom is -0.393 e. The van der Waals surface area contributed by atoms with E-state index in [1.165, 1.54) is 35.4 Å². The smallest absolute Gasteiger partial charge is 0.181 e. The average molecular weight is 467 g/mol. The van der Waals surface area contributed by atoms with Gasteiger partial charge < -0.3 is 10.2 Å². The molecule has 0 amide bonds. The van der Waals surface area contributed by atoms with Crippen LogP contribution in [0, 0.1) is 11.6 Å². The van der Waals surface area contributed by atoms with E-state index in [4.69, 9.17) is 5.11 Å². The van der Waals surface area contributed by atoms with Crippen LogP contribution in [0.2, 0.25) is 0 Å². The molecule has 0 radical (unpaired) electrons. The first-order valence-corrected chi connectivity index (χ1v) is 10.6. The predicted octanol–water partition coefficient (Wildman–Crippen LogP) is 3.09. The Hall–Kier alpha value is -3.70. The molecule has 4 rings (SSSR count). The Labute approximate surface area is 194 Å². The van der Waals surface area contributed by atoms with E-state index in [-0.39, 0.29) is 28.9 Å². The zero-order valence-electron chi connectivity index (χ0n) is 18.8. The molecule has 3 heterocycles. The monoisotopic (exact) mass is 467 g/mol. The molecule has 2 N–H and O–H groups in total. The zero-order chi connectivity index (χ0) is 24.4. The second kappa shape index (κ2) is 9.65. The standard InChI is InChI=1S/C23H23F2N7O2/c1-12(2)14-7-17(21-15(24)5-4-6-16(21)25)29-30-22(14)13(3)18-8-26-9-20(28-18)32-11-27-23(31-32)19(34)10-33/h4-9,11-13,19,33-34H,10H2,1-3H3/t13?,19-/m0/s1. The van der Waals surface area contributed by atoms with Crippen LogP contribution in [0.3, 0.4) is 0 Å². The van der Waals surface area contributed by atoms with Crippen LogP contribution in [0.1, 0.15) is 61.5 Å². The molecule has 0 aliphatic heterocycles. The van der Waals surface area contributed by atoms with Crippen molar-refractivity contribution in [3.05, 3.63) is 77.4 Å². The topological polar surface area (TPSA) is 123 Å². The highest BCUT2D eigenvalue weighted by Crippen LogP contribution is 2.32. The van der Waals surface area contributed by atoms with E-state index in [9.17, 15) is 13.9 Å². The third-order valence-corrected chi connectivity index (χ3v) is 5.40. The molecule has 11 heteroatoms. The molecule has 0 saturated carbocycles. The van der Waals surface area contributed by atoms with Crippen LogP contribution < -0.4 is 0 Å². The number of aliphatic hydroxyl groups excluding tert-OH is 2. The summed E-state index contributed by atoms with van der Waals surface area (Å²) in [6.45, 7) is 5.30. The van der Waals surface area contributed by atoms with Gasteiger partial charge in [0.1, 0.15) is 24.1 Å². The lowest BCUT2D eigenvalue weighted by molar-refractivity contribution is 0.0887. The zero-order valence-corrected chi connectivity index (χ0v) is 18.8. The van der Waals surface area contributed by atoms with Crippen LogP contribution in [0.25, 0.3) is 17.1 Å². The molecular formula is C23H23F2N7O2. The Balaban J connectivity index is 1.71. The van der Waals surface area contributed by atoms with Crippen molar-refractivity contribution in [3.8, 4) is 17.1 Å². The number of halogens is 2. The summed E-state index contributed by atoms with van der Waals surface area (Å²) in [6.07, 6.45) is 3.24. The number of benzene rings is 1. The van der Waals surface area contributed by atoms with Crippen molar-refractivity contribution in [3.63, 3.8) is 0 Å². The van der Waals surface area contributed by atoms with Gasteiger partial charge in [-0.1, -0.05) is 26.8 Å². The van der Waals surface area contributed by atoms with E-state index in [0.717, 1.165) is 5.56 Å². The quantitative estimate of drug-likeness (QED) is 0.425. The first-order valence-electron chi connectivity index (χ1n) is 10.6. The molecule has 1 aromatic carbocycles. The fourth-order valence-electron chi connectivity index (χ4n) is 3.53. The van der Waals surface area contributed by atoms with Gasteiger partial charge in [0.15, 0.2) is 11.6 Å². The highest BCUT2D eigenvalue weighted by Gasteiger charge is 2.23. The Bertz CT molecular complexity index is 1290. The van der Waals surface area contributed by atoms with Gasteiger partial charge in [-0.05, 0) is 29.7 Å². The molecule has 4 aromatic rings. The summed E-state index contributed by atoms with van der Waals surface area (Å²) in [6, 6.07) is 5.32. The van der Waals surface area contributed by atoms with Crippen molar-refractivity contribution in [2.24, 2.45) is 0 Å². The molecule has 0 bridgehead atoms. The predicted molar refractivity (Wildman–Crippen MR) is 118 cm³/mol. The van der Waals surface area contributed by atoms with Crippen molar-refractivity contribution in [1.29, 1.82) is 0 Å². The molecule has 0 aliphatic carbocycles. The van der Waals surface area contributed by atoms with Gasteiger partial charge in [0, 0.05) is 12.1 Å². The van der Waals surface area contributed by atoms with E-state index in [1.807, 2.05) is 20.8 Å². The van der Waals surface area contributed by atoms with Gasteiger partial charge in [0.2, 0.25) is 0 Å². The third-order valence-electron chi connectivity index (χ3n) is 5.40. The lowest BCUT2D eigenvalue weighted by atomic mass is 9.92. The molecular weight excluding hydrogens is 444 g/mol. The van der Waals surface area contributed by atoms with E-state index < -0.39 is 24.3 Å². The van der Waals surface area contributed by atoms with E-state index >= 15 is 0 Å². The summed E-state index contributed by atoms with van der Waals surface area (Å²) < 4.78 is 30.0. The molecule has 3 aromatic heterocycles. The summed E-state index contributed by atoms with van der Waals surface area (Å²) in [5.41, 5.74) is 1.86. The number of aromatic nitrogens is 7. The minimum absolute atomic E-state index is 0.00415. The van der Waals surface area contributed by atoms with Crippen molar-refractivity contribution in [2.45, 2.75) is 38.7 Å². The lowest BCUT2D eigenvalue weighted by Crippen LogP contribution is -2.12. The summed E-state index contributed by atoms with van der Waals surface area (Å²) in [4.78, 5) is 12.8. The summed E-state index contributed by atoms with van der Waals surface area (Å²) in [7, 11) is 0. The number of hydrogen-bond donors (Lipinski definition) is 2. The maximum atomic E-state index is 14.3. The fourth-order valence-corrected chi connectivity index (χ4v) is 3.53.